The van der Waals surface area contributed by atoms with Crippen molar-refractivity contribution in [1.82, 2.24) is 4.90 Å². The van der Waals surface area contributed by atoms with Gasteiger partial charge in [-0.1, -0.05) is 25.5 Å². The van der Waals surface area contributed by atoms with E-state index in [-0.39, 0.29) is 29.3 Å². The zero-order valence-electron chi connectivity index (χ0n) is 21.9. The van der Waals surface area contributed by atoms with Crippen molar-refractivity contribution in [3.63, 3.8) is 0 Å². The first kappa shape index (κ1) is 24.3. The standard InChI is InChI=1S/C30H42N2O4/c1-29-13-11-22(36-28(34)32-15-3-4-21(31)17-32)16-20(29)6-7-23-25-9-8-24(19-5-10-27(33)35-18-19)30(25,2)14-12-26(23)29/h5,9-10,18,20-24,26H,3-4,6-8,11-17,31H2,1-2H3/t20-,21-,22+,23+,24-,26+,29+,30-/m1/s1. The van der Waals surface area contributed by atoms with Gasteiger partial charge in [-0.15, -0.1) is 0 Å². The van der Waals surface area contributed by atoms with Crippen molar-refractivity contribution < 1.29 is 13.9 Å². The number of ether oxygens (including phenoxy) is 1. The zero-order valence-corrected chi connectivity index (χ0v) is 21.9. The molecule has 1 aliphatic heterocycles. The molecule has 6 rings (SSSR count). The number of fused-ring (bicyclic) bond motifs is 5. The lowest BCUT2D eigenvalue weighted by Gasteiger charge is -2.59. The fourth-order valence-electron chi connectivity index (χ4n) is 9.12. The molecule has 1 amide bonds. The van der Waals surface area contributed by atoms with Crippen LogP contribution in [0, 0.1) is 28.6 Å². The first-order chi connectivity index (χ1) is 17.3. The minimum absolute atomic E-state index is 0.0435. The molecule has 2 heterocycles. The molecule has 4 fully saturated rings. The largest absolute Gasteiger partial charge is 0.446 e. The summed E-state index contributed by atoms with van der Waals surface area (Å²) in [5, 5.41) is 0. The number of carbonyl (C=O) groups is 1. The molecule has 6 nitrogen and oxygen atoms in total. The van der Waals surface area contributed by atoms with Crippen LogP contribution >= 0.6 is 0 Å². The highest BCUT2D eigenvalue weighted by Crippen LogP contribution is 2.67. The predicted octanol–water partition coefficient (Wildman–Crippen LogP) is 5.61. The maximum Gasteiger partial charge on any atom is 0.410 e. The molecule has 0 spiro atoms. The summed E-state index contributed by atoms with van der Waals surface area (Å²) in [7, 11) is 0. The maximum absolute atomic E-state index is 12.8. The number of hydrogen-bond acceptors (Lipinski definition) is 5. The second-order valence-corrected chi connectivity index (χ2v) is 12.9. The zero-order chi connectivity index (χ0) is 25.1. The average molecular weight is 495 g/mol. The van der Waals surface area contributed by atoms with Gasteiger partial charge in [0.2, 0.25) is 0 Å². The van der Waals surface area contributed by atoms with E-state index >= 15 is 0 Å². The lowest BCUT2D eigenvalue weighted by molar-refractivity contribution is -0.0875. The number of nitrogens with two attached hydrogens (primary N) is 1. The molecular formula is C30H42N2O4. The van der Waals surface area contributed by atoms with Crippen LogP contribution in [0.1, 0.15) is 89.5 Å². The van der Waals surface area contributed by atoms with E-state index in [1.807, 2.05) is 11.0 Å². The molecule has 196 valence electrons. The van der Waals surface area contributed by atoms with E-state index in [1.54, 1.807) is 17.9 Å². The fourth-order valence-corrected chi connectivity index (χ4v) is 9.12. The summed E-state index contributed by atoms with van der Waals surface area (Å²) < 4.78 is 11.3. The van der Waals surface area contributed by atoms with Crippen LogP contribution in [-0.4, -0.2) is 36.2 Å². The second kappa shape index (κ2) is 9.04. The van der Waals surface area contributed by atoms with Gasteiger partial charge in [0.25, 0.3) is 0 Å². The molecule has 3 saturated carbocycles. The van der Waals surface area contributed by atoms with Gasteiger partial charge in [-0.3, -0.25) is 0 Å². The number of amides is 1. The lowest BCUT2D eigenvalue weighted by Crippen LogP contribution is -2.52. The summed E-state index contributed by atoms with van der Waals surface area (Å²) in [6.07, 6.45) is 15.2. The van der Waals surface area contributed by atoms with Crippen molar-refractivity contribution >= 4 is 6.09 Å². The normalized spacial score (nSPS) is 42.1. The number of piperidine rings is 1. The fraction of sp³-hybridized carbons (Fsp3) is 0.733. The summed E-state index contributed by atoms with van der Waals surface area (Å²) in [4.78, 5) is 26.2. The Labute approximate surface area is 214 Å². The molecule has 1 aromatic rings. The van der Waals surface area contributed by atoms with Gasteiger partial charge >= 0.3 is 11.7 Å². The smallest absolute Gasteiger partial charge is 0.410 e. The van der Waals surface area contributed by atoms with Crippen LogP contribution in [-0.2, 0) is 4.74 Å². The van der Waals surface area contributed by atoms with Gasteiger partial charge in [-0.25, -0.2) is 9.59 Å². The van der Waals surface area contributed by atoms with E-state index in [9.17, 15) is 9.59 Å². The quantitative estimate of drug-likeness (QED) is 0.540. The second-order valence-electron chi connectivity index (χ2n) is 12.9. The highest BCUT2D eigenvalue weighted by atomic mass is 16.6. The van der Waals surface area contributed by atoms with E-state index in [2.05, 4.69) is 19.9 Å². The number of rotatable bonds is 2. The molecule has 36 heavy (non-hydrogen) atoms. The van der Waals surface area contributed by atoms with Crippen LogP contribution in [0.5, 0.6) is 0 Å². The van der Waals surface area contributed by atoms with E-state index < -0.39 is 0 Å². The minimum atomic E-state index is -0.272. The Hall–Kier alpha value is -2.08. The van der Waals surface area contributed by atoms with Crippen molar-refractivity contribution in [3.05, 3.63) is 46.0 Å². The summed E-state index contributed by atoms with van der Waals surface area (Å²) >= 11 is 0. The van der Waals surface area contributed by atoms with Gasteiger partial charge in [-0.05, 0) is 110 Å². The Kier molecular flexibility index (Phi) is 6.09. The SMILES string of the molecule is C[C@]12CC[C@H](OC(=O)N3CCC[C@@H](N)C3)C[C@H]1CC[C@H]1C3=CC[C@H](c4ccc(=O)oc4)[C@@]3(C)CC[C@@H]12. The molecule has 5 aliphatic rings. The van der Waals surface area contributed by atoms with E-state index in [4.69, 9.17) is 14.9 Å². The first-order valence-electron chi connectivity index (χ1n) is 14.3. The van der Waals surface area contributed by atoms with Crippen LogP contribution in [0.4, 0.5) is 4.79 Å². The third kappa shape index (κ3) is 3.95. The Morgan fingerprint density at radius 1 is 1.14 bits per heavy atom. The van der Waals surface area contributed by atoms with E-state index in [1.165, 1.54) is 31.2 Å². The highest BCUT2D eigenvalue weighted by molar-refractivity contribution is 5.68. The monoisotopic (exact) mass is 494 g/mol. The Balaban J connectivity index is 1.14. The van der Waals surface area contributed by atoms with Crippen molar-refractivity contribution in [3.8, 4) is 0 Å². The summed E-state index contributed by atoms with van der Waals surface area (Å²) in [6.45, 7) is 6.39. The molecular weight excluding hydrogens is 452 g/mol. The van der Waals surface area contributed by atoms with Crippen molar-refractivity contribution in [2.75, 3.05) is 13.1 Å². The summed E-state index contributed by atoms with van der Waals surface area (Å²) in [6, 6.07) is 3.63. The van der Waals surface area contributed by atoms with Gasteiger partial charge in [0, 0.05) is 25.2 Å². The molecule has 0 bridgehead atoms. The van der Waals surface area contributed by atoms with E-state index in [0.717, 1.165) is 45.1 Å². The summed E-state index contributed by atoms with van der Waals surface area (Å²) in [5.74, 6) is 2.39. The topological polar surface area (TPSA) is 85.8 Å². The maximum atomic E-state index is 12.8. The molecule has 1 saturated heterocycles. The number of likely N-dealkylation sites (tertiary alicyclic amines) is 1. The van der Waals surface area contributed by atoms with Crippen LogP contribution in [0.2, 0.25) is 0 Å². The molecule has 2 N–H and O–H groups in total. The van der Waals surface area contributed by atoms with Gasteiger partial charge in [0.05, 0.1) is 6.26 Å². The lowest BCUT2D eigenvalue weighted by atomic mass is 9.46. The molecule has 0 unspecified atom stereocenters. The Morgan fingerprint density at radius 3 is 2.78 bits per heavy atom. The Bertz CT molecular complexity index is 1080. The Morgan fingerprint density at radius 2 is 2.00 bits per heavy atom. The van der Waals surface area contributed by atoms with Crippen LogP contribution < -0.4 is 11.4 Å². The molecule has 1 aromatic heterocycles. The number of nitrogens with zero attached hydrogens (tertiary/aromatic N) is 1. The molecule has 0 radical (unpaired) electrons. The predicted molar refractivity (Wildman–Crippen MR) is 138 cm³/mol. The van der Waals surface area contributed by atoms with Crippen molar-refractivity contribution in [2.24, 2.45) is 34.3 Å². The number of allylic oxidation sites excluding steroid dienone is 2. The third-order valence-electron chi connectivity index (χ3n) is 11.1. The van der Waals surface area contributed by atoms with Crippen molar-refractivity contribution in [2.45, 2.75) is 96.1 Å². The molecule has 0 aromatic carbocycles. The molecule has 4 aliphatic carbocycles. The van der Waals surface area contributed by atoms with Gasteiger partial charge in [-0.2, -0.15) is 0 Å². The van der Waals surface area contributed by atoms with Crippen LogP contribution in [0.15, 0.2) is 39.3 Å². The highest BCUT2D eigenvalue weighted by Gasteiger charge is 2.58. The van der Waals surface area contributed by atoms with Gasteiger partial charge in [0.1, 0.15) is 6.10 Å². The average Bonchev–Trinajstić information content (AvgIpc) is 3.22. The minimum Gasteiger partial charge on any atom is -0.446 e. The third-order valence-corrected chi connectivity index (χ3v) is 11.1. The van der Waals surface area contributed by atoms with Gasteiger partial charge < -0.3 is 19.8 Å². The van der Waals surface area contributed by atoms with Crippen molar-refractivity contribution in [1.29, 1.82) is 0 Å². The van der Waals surface area contributed by atoms with E-state index in [0.29, 0.717) is 35.6 Å². The van der Waals surface area contributed by atoms with Crippen LogP contribution in [0.25, 0.3) is 0 Å². The first-order valence-corrected chi connectivity index (χ1v) is 14.3. The van der Waals surface area contributed by atoms with Crippen LogP contribution in [0.3, 0.4) is 0 Å². The number of carbonyl (C=O) groups excluding carboxylic acids is 1. The molecule has 6 heteroatoms. The number of hydrogen-bond donors (Lipinski definition) is 1. The molecule has 8 atom stereocenters. The van der Waals surface area contributed by atoms with Gasteiger partial charge in [0.15, 0.2) is 0 Å². The summed E-state index contributed by atoms with van der Waals surface area (Å²) in [5.41, 5.74) is 9.13.